The average molecular weight is 458 g/mol. The third-order valence-electron chi connectivity index (χ3n) is 5.16. The molecule has 0 saturated carbocycles. The summed E-state index contributed by atoms with van der Waals surface area (Å²) in [6.07, 6.45) is 0.608. The zero-order valence-corrected chi connectivity index (χ0v) is 18.6. The van der Waals surface area contributed by atoms with Crippen LogP contribution in [0.3, 0.4) is 0 Å². The Balaban J connectivity index is 1.48. The molecular formula is C21H22N4O6S. The number of amides is 1. The number of nitrogens with zero attached hydrogens (tertiary/aromatic N) is 3. The van der Waals surface area contributed by atoms with Gasteiger partial charge in [-0.05, 0) is 48.4 Å². The van der Waals surface area contributed by atoms with E-state index in [0.29, 0.717) is 35.9 Å². The van der Waals surface area contributed by atoms with Gasteiger partial charge in [-0.1, -0.05) is 5.16 Å². The zero-order chi connectivity index (χ0) is 22.9. The second-order valence-electron chi connectivity index (χ2n) is 7.12. The van der Waals surface area contributed by atoms with Crippen LogP contribution in [-0.4, -0.2) is 45.2 Å². The minimum Gasteiger partial charge on any atom is -0.493 e. The van der Waals surface area contributed by atoms with Crippen molar-refractivity contribution in [2.75, 3.05) is 25.7 Å². The van der Waals surface area contributed by atoms with Crippen LogP contribution in [0.25, 0.3) is 11.4 Å². The monoisotopic (exact) mass is 458 g/mol. The minimum atomic E-state index is -3.81. The van der Waals surface area contributed by atoms with Crippen molar-refractivity contribution in [2.24, 2.45) is 0 Å². The molecule has 3 aromatic rings. The van der Waals surface area contributed by atoms with Gasteiger partial charge < -0.3 is 18.9 Å². The first-order valence-corrected chi connectivity index (χ1v) is 11.3. The second-order valence-corrected chi connectivity index (χ2v) is 8.88. The maximum atomic E-state index is 12.7. The molecule has 0 spiro atoms. The molecule has 10 nitrogen and oxygen atoms in total. The van der Waals surface area contributed by atoms with Crippen molar-refractivity contribution < 1.29 is 27.2 Å². The summed E-state index contributed by atoms with van der Waals surface area (Å²) in [6.45, 7) is 1.86. The van der Waals surface area contributed by atoms with Crippen LogP contribution in [0.15, 0.2) is 45.8 Å². The summed E-state index contributed by atoms with van der Waals surface area (Å²) in [5.74, 6) is 1.41. The molecule has 1 aromatic heterocycles. The lowest BCUT2D eigenvalue weighted by Crippen LogP contribution is -2.26. The number of ether oxygens (including phenoxy) is 2. The van der Waals surface area contributed by atoms with Gasteiger partial charge >= 0.3 is 0 Å². The molecule has 1 aliphatic heterocycles. The van der Waals surface area contributed by atoms with Crippen LogP contribution < -0.4 is 19.1 Å². The van der Waals surface area contributed by atoms with Crippen molar-refractivity contribution in [3.05, 3.63) is 47.9 Å². The summed E-state index contributed by atoms with van der Waals surface area (Å²) in [7, 11) is -0.750. The third-order valence-corrected chi connectivity index (χ3v) is 6.56. The molecule has 0 saturated heterocycles. The largest absolute Gasteiger partial charge is 0.493 e. The van der Waals surface area contributed by atoms with Gasteiger partial charge in [0.05, 0.1) is 25.7 Å². The standard InChI is InChI=1S/C21H22N4O6S/c1-13(26)25-9-8-14-10-16(5-6-17(14)25)32(27,28)22-12-20-23-21(24-31-20)15-4-7-18(29-2)19(11-15)30-3/h4-7,10-11,22H,8-9,12H2,1-3H3. The van der Waals surface area contributed by atoms with E-state index in [2.05, 4.69) is 14.9 Å². The molecule has 0 unspecified atom stereocenters. The van der Waals surface area contributed by atoms with Crippen LogP contribution in [0, 0.1) is 0 Å². The van der Waals surface area contributed by atoms with Gasteiger partial charge in [-0.15, -0.1) is 0 Å². The predicted molar refractivity (Wildman–Crippen MR) is 115 cm³/mol. The third kappa shape index (κ3) is 4.16. The van der Waals surface area contributed by atoms with Crippen molar-refractivity contribution in [1.82, 2.24) is 14.9 Å². The lowest BCUT2D eigenvalue weighted by atomic mass is 10.2. The van der Waals surface area contributed by atoms with E-state index in [-0.39, 0.29) is 23.2 Å². The predicted octanol–water partition coefficient (Wildman–Crippen LogP) is 2.14. The van der Waals surface area contributed by atoms with Crippen molar-refractivity contribution in [1.29, 1.82) is 0 Å². The van der Waals surface area contributed by atoms with Crippen LogP contribution in [0.1, 0.15) is 18.4 Å². The van der Waals surface area contributed by atoms with Crippen LogP contribution in [-0.2, 0) is 27.8 Å². The van der Waals surface area contributed by atoms with Crippen LogP contribution >= 0.6 is 0 Å². The molecule has 0 aliphatic carbocycles. The number of sulfonamides is 1. The number of carbonyl (C=O) groups is 1. The molecule has 1 amide bonds. The summed E-state index contributed by atoms with van der Waals surface area (Å²) in [5, 5.41) is 3.91. The normalized spacial score (nSPS) is 13.2. The molecule has 32 heavy (non-hydrogen) atoms. The van der Waals surface area contributed by atoms with E-state index >= 15 is 0 Å². The number of aromatic nitrogens is 2. The fourth-order valence-electron chi connectivity index (χ4n) is 3.53. The first-order valence-electron chi connectivity index (χ1n) is 9.78. The topological polar surface area (TPSA) is 124 Å². The van der Waals surface area contributed by atoms with Crippen LogP contribution in [0.2, 0.25) is 0 Å². The van der Waals surface area contributed by atoms with Gasteiger partial charge in [0.15, 0.2) is 11.5 Å². The van der Waals surface area contributed by atoms with E-state index in [4.69, 9.17) is 14.0 Å². The van der Waals surface area contributed by atoms with Gasteiger partial charge in [-0.2, -0.15) is 4.98 Å². The summed E-state index contributed by atoms with van der Waals surface area (Å²) in [4.78, 5) is 17.7. The highest BCUT2D eigenvalue weighted by molar-refractivity contribution is 7.89. The summed E-state index contributed by atoms with van der Waals surface area (Å²) in [5.41, 5.74) is 2.19. The first-order chi connectivity index (χ1) is 15.3. The number of carbonyl (C=O) groups excluding carboxylic acids is 1. The van der Waals surface area contributed by atoms with E-state index in [1.807, 2.05) is 0 Å². The number of nitrogens with one attached hydrogen (secondary N) is 1. The highest BCUT2D eigenvalue weighted by Crippen LogP contribution is 2.32. The quantitative estimate of drug-likeness (QED) is 0.571. The highest BCUT2D eigenvalue weighted by atomic mass is 32.2. The average Bonchev–Trinajstić information content (AvgIpc) is 3.44. The number of hydrogen-bond acceptors (Lipinski definition) is 8. The van der Waals surface area contributed by atoms with Gasteiger partial charge in [0.25, 0.3) is 0 Å². The Morgan fingerprint density at radius 1 is 1.16 bits per heavy atom. The Labute approximate surface area is 185 Å². The molecule has 0 radical (unpaired) electrons. The van der Waals surface area contributed by atoms with E-state index < -0.39 is 10.0 Å². The van der Waals surface area contributed by atoms with Gasteiger partial charge in [-0.25, -0.2) is 13.1 Å². The maximum absolute atomic E-state index is 12.7. The minimum absolute atomic E-state index is 0.0702. The van der Waals surface area contributed by atoms with Crippen molar-refractivity contribution in [2.45, 2.75) is 24.8 Å². The molecule has 0 atom stereocenters. The fourth-order valence-corrected chi connectivity index (χ4v) is 4.56. The molecular weight excluding hydrogens is 436 g/mol. The summed E-state index contributed by atoms with van der Waals surface area (Å²) >= 11 is 0. The molecule has 1 aliphatic rings. The number of anilines is 1. The van der Waals surface area contributed by atoms with Crippen molar-refractivity contribution in [3.8, 4) is 22.9 Å². The van der Waals surface area contributed by atoms with Crippen molar-refractivity contribution in [3.63, 3.8) is 0 Å². The van der Waals surface area contributed by atoms with Gasteiger partial charge in [0.1, 0.15) is 0 Å². The molecule has 0 bridgehead atoms. The number of hydrogen-bond donors (Lipinski definition) is 1. The smallest absolute Gasteiger partial charge is 0.242 e. The molecule has 1 N–H and O–H groups in total. The summed E-state index contributed by atoms with van der Waals surface area (Å²) < 4.78 is 43.6. The lowest BCUT2D eigenvalue weighted by molar-refractivity contribution is -0.116. The Morgan fingerprint density at radius 3 is 2.66 bits per heavy atom. The van der Waals surface area contributed by atoms with Crippen LogP contribution in [0.4, 0.5) is 5.69 Å². The lowest BCUT2D eigenvalue weighted by Gasteiger charge is -2.14. The highest BCUT2D eigenvalue weighted by Gasteiger charge is 2.25. The van der Waals surface area contributed by atoms with Crippen molar-refractivity contribution >= 4 is 21.6 Å². The molecule has 168 valence electrons. The molecule has 11 heteroatoms. The zero-order valence-electron chi connectivity index (χ0n) is 17.8. The van der Waals surface area contributed by atoms with Gasteiger partial charge in [0.2, 0.25) is 27.6 Å². The number of methoxy groups -OCH3 is 2. The van der Waals surface area contributed by atoms with E-state index in [0.717, 1.165) is 11.3 Å². The molecule has 2 heterocycles. The van der Waals surface area contributed by atoms with Gasteiger partial charge in [0, 0.05) is 24.7 Å². The number of benzene rings is 2. The Morgan fingerprint density at radius 2 is 1.94 bits per heavy atom. The van der Waals surface area contributed by atoms with E-state index in [1.165, 1.54) is 27.2 Å². The number of rotatable bonds is 7. The van der Waals surface area contributed by atoms with E-state index in [1.54, 1.807) is 35.2 Å². The van der Waals surface area contributed by atoms with E-state index in [9.17, 15) is 13.2 Å². The fraction of sp³-hybridized carbons (Fsp3) is 0.286. The number of fused-ring (bicyclic) bond motifs is 1. The Hall–Kier alpha value is -3.44. The first kappa shape index (κ1) is 21.8. The van der Waals surface area contributed by atoms with Gasteiger partial charge in [-0.3, -0.25) is 4.79 Å². The van der Waals surface area contributed by atoms with Crippen LogP contribution in [0.5, 0.6) is 11.5 Å². The molecule has 2 aromatic carbocycles. The summed E-state index contributed by atoms with van der Waals surface area (Å²) in [6, 6.07) is 9.88. The second kappa shape index (κ2) is 8.60. The SMILES string of the molecule is COc1ccc(-c2noc(CNS(=O)(=O)c3ccc4c(c3)CCN4C(C)=O)n2)cc1OC. The Bertz CT molecular complexity index is 1270. The molecule has 0 fully saturated rings. The Kier molecular flexibility index (Phi) is 5.85. The molecule has 4 rings (SSSR count). The maximum Gasteiger partial charge on any atom is 0.242 e.